The molecule has 1 aliphatic rings. The van der Waals surface area contributed by atoms with Gasteiger partial charge in [0.25, 0.3) is 5.91 Å². The number of imidazole rings is 1. The molecule has 2 aromatic carbocycles. The number of benzene rings is 2. The summed E-state index contributed by atoms with van der Waals surface area (Å²) in [7, 11) is 1.62. The predicted molar refractivity (Wildman–Crippen MR) is 117 cm³/mol. The quantitative estimate of drug-likeness (QED) is 0.548. The number of amides is 2. The maximum absolute atomic E-state index is 13.2. The molecule has 4 rings (SSSR count). The zero-order valence-electron chi connectivity index (χ0n) is 16.3. The van der Waals surface area contributed by atoms with Gasteiger partial charge in [-0.2, -0.15) is 0 Å². The summed E-state index contributed by atoms with van der Waals surface area (Å²) in [5, 5.41) is 3.61. The number of halogens is 2. The van der Waals surface area contributed by atoms with E-state index in [9.17, 15) is 9.59 Å². The molecule has 30 heavy (non-hydrogen) atoms. The summed E-state index contributed by atoms with van der Waals surface area (Å²) in [6.45, 7) is 1.00. The Hall–Kier alpha value is -2.61. The van der Waals surface area contributed by atoms with Crippen LogP contribution in [0.3, 0.4) is 0 Å². The molecular weight excluding hydrogens is 427 g/mol. The smallest absolute Gasteiger partial charge is 0.253 e. The zero-order valence-corrected chi connectivity index (χ0v) is 17.8. The number of nitrogens with one attached hydrogen (secondary N) is 1. The van der Waals surface area contributed by atoms with Crippen molar-refractivity contribution in [1.82, 2.24) is 9.55 Å². The lowest BCUT2D eigenvalue weighted by Gasteiger charge is -2.15. The van der Waals surface area contributed by atoms with E-state index in [1.54, 1.807) is 30.2 Å². The van der Waals surface area contributed by atoms with Crippen molar-refractivity contribution < 1.29 is 14.3 Å². The second kappa shape index (κ2) is 8.63. The number of anilines is 2. The highest BCUT2D eigenvalue weighted by Gasteiger charge is 2.40. The standard InChI is InChI=1S/C21H20Cl2N4O3/c1-30-8-4-7-26-20(29)18(27-17-6-3-2-5-16(17)25-21(26)27)12-19(28)24-15-10-13(22)9-14(23)11-15/h2-3,5-6,9-11,18H,4,7-8,12H2,1H3,(H,24,28). The van der Waals surface area contributed by atoms with Crippen LogP contribution in [0.4, 0.5) is 11.6 Å². The molecule has 0 bridgehead atoms. The summed E-state index contributed by atoms with van der Waals surface area (Å²) >= 11 is 12.0. The van der Waals surface area contributed by atoms with Crippen LogP contribution in [0.2, 0.25) is 10.0 Å². The maximum atomic E-state index is 13.2. The summed E-state index contributed by atoms with van der Waals surface area (Å²) in [5.74, 6) is 0.0914. The number of fused-ring (bicyclic) bond motifs is 3. The summed E-state index contributed by atoms with van der Waals surface area (Å²) < 4.78 is 6.95. The van der Waals surface area contributed by atoms with E-state index >= 15 is 0 Å². The summed E-state index contributed by atoms with van der Waals surface area (Å²) in [6.07, 6.45) is 0.641. The van der Waals surface area contributed by atoms with Gasteiger partial charge >= 0.3 is 0 Å². The minimum absolute atomic E-state index is 0.0307. The molecule has 1 atom stereocenters. The summed E-state index contributed by atoms with van der Waals surface area (Å²) in [4.78, 5) is 32.2. The number of aromatic nitrogens is 2. The molecule has 1 N–H and O–H groups in total. The van der Waals surface area contributed by atoms with Gasteiger partial charge in [0.1, 0.15) is 6.04 Å². The van der Waals surface area contributed by atoms with Crippen molar-refractivity contribution in [2.24, 2.45) is 0 Å². The number of hydrogen-bond acceptors (Lipinski definition) is 4. The van der Waals surface area contributed by atoms with Crippen LogP contribution in [0.5, 0.6) is 0 Å². The molecule has 9 heteroatoms. The lowest BCUT2D eigenvalue weighted by molar-refractivity contribution is -0.124. The second-order valence-electron chi connectivity index (χ2n) is 7.03. The molecular formula is C21H20Cl2N4O3. The number of ether oxygens (including phenoxy) is 1. The third-order valence-electron chi connectivity index (χ3n) is 4.94. The first-order valence-electron chi connectivity index (χ1n) is 9.51. The highest BCUT2D eigenvalue weighted by molar-refractivity contribution is 6.35. The van der Waals surface area contributed by atoms with Crippen molar-refractivity contribution in [3.8, 4) is 0 Å². The first kappa shape index (κ1) is 20.7. The Kier molecular flexibility index (Phi) is 5.94. The Bertz CT molecular complexity index is 1090. The van der Waals surface area contributed by atoms with Gasteiger partial charge in [-0.05, 0) is 36.8 Å². The molecule has 1 unspecified atom stereocenters. The Morgan fingerprint density at radius 1 is 1.20 bits per heavy atom. The fourth-order valence-corrected chi connectivity index (χ4v) is 4.21. The molecule has 1 aromatic heterocycles. The topological polar surface area (TPSA) is 76.5 Å². The van der Waals surface area contributed by atoms with Gasteiger partial charge in [-0.3, -0.25) is 19.1 Å². The molecule has 2 heterocycles. The zero-order chi connectivity index (χ0) is 21.3. The van der Waals surface area contributed by atoms with Crippen LogP contribution in [-0.2, 0) is 14.3 Å². The van der Waals surface area contributed by atoms with E-state index in [0.29, 0.717) is 41.3 Å². The average molecular weight is 447 g/mol. The van der Waals surface area contributed by atoms with Crippen molar-refractivity contribution in [3.05, 3.63) is 52.5 Å². The Morgan fingerprint density at radius 2 is 1.93 bits per heavy atom. The number of para-hydroxylation sites is 2. The van der Waals surface area contributed by atoms with Crippen LogP contribution in [0.1, 0.15) is 18.9 Å². The highest BCUT2D eigenvalue weighted by Crippen LogP contribution is 2.36. The second-order valence-corrected chi connectivity index (χ2v) is 7.91. The van der Waals surface area contributed by atoms with Crippen LogP contribution in [-0.4, -0.2) is 41.6 Å². The third kappa shape index (κ3) is 4.01. The number of carbonyl (C=O) groups excluding carboxylic acids is 2. The van der Waals surface area contributed by atoms with Crippen LogP contribution >= 0.6 is 23.2 Å². The SMILES string of the molecule is COCCCN1C(=O)C(CC(=O)Nc2cc(Cl)cc(Cl)c2)n2c1nc1ccccc12. The number of carbonyl (C=O) groups is 2. The molecule has 0 fully saturated rings. The Balaban J connectivity index is 1.61. The van der Waals surface area contributed by atoms with Crippen molar-refractivity contribution in [2.45, 2.75) is 18.9 Å². The summed E-state index contributed by atoms with van der Waals surface area (Å²) in [5.41, 5.74) is 2.08. The van der Waals surface area contributed by atoms with Crippen molar-refractivity contribution in [1.29, 1.82) is 0 Å². The first-order valence-corrected chi connectivity index (χ1v) is 10.3. The number of hydrogen-bond donors (Lipinski definition) is 1. The van der Waals surface area contributed by atoms with E-state index < -0.39 is 6.04 Å². The molecule has 0 radical (unpaired) electrons. The maximum Gasteiger partial charge on any atom is 0.253 e. The van der Waals surface area contributed by atoms with Gasteiger partial charge in [0, 0.05) is 36.0 Å². The molecule has 3 aromatic rings. The number of methoxy groups -OCH3 is 1. The fourth-order valence-electron chi connectivity index (χ4n) is 3.69. The fraction of sp³-hybridized carbons (Fsp3) is 0.286. The largest absolute Gasteiger partial charge is 0.385 e. The minimum atomic E-state index is -0.676. The van der Waals surface area contributed by atoms with Crippen LogP contribution in [0, 0.1) is 0 Å². The van der Waals surface area contributed by atoms with E-state index in [0.717, 1.165) is 11.0 Å². The third-order valence-corrected chi connectivity index (χ3v) is 5.37. The normalized spacial score (nSPS) is 15.6. The minimum Gasteiger partial charge on any atom is -0.385 e. The Labute approximate surface area is 183 Å². The number of nitrogens with zero attached hydrogens (tertiary/aromatic N) is 3. The Morgan fingerprint density at radius 3 is 2.67 bits per heavy atom. The van der Waals surface area contributed by atoms with Crippen molar-refractivity contribution in [2.75, 3.05) is 30.5 Å². The van der Waals surface area contributed by atoms with Crippen LogP contribution in [0.15, 0.2) is 42.5 Å². The predicted octanol–water partition coefficient (Wildman–Crippen LogP) is 4.30. The summed E-state index contributed by atoms with van der Waals surface area (Å²) in [6, 6.07) is 11.7. The molecule has 0 saturated heterocycles. The molecule has 0 aliphatic carbocycles. The molecule has 1 aliphatic heterocycles. The van der Waals surface area contributed by atoms with Gasteiger partial charge in [-0.25, -0.2) is 4.98 Å². The molecule has 0 spiro atoms. The lowest BCUT2D eigenvalue weighted by atomic mass is 10.1. The molecule has 7 nitrogen and oxygen atoms in total. The lowest BCUT2D eigenvalue weighted by Crippen LogP contribution is -2.32. The first-order chi connectivity index (χ1) is 14.5. The van der Waals surface area contributed by atoms with Crippen LogP contribution in [0.25, 0.3) is 11.0 Å². The monoisotopic (exact) mass is 446 g/mol. The number of rotatable bonds is 7. The highest BCUT2D eigenvalue weighted by atomic mass is 35.5. The van der Waals surface area contributed by atoms with Gasteiger partial charge in [0.15, 0.2) is 0 Å². The van der Waals surface area contributed by atoms with Crippen molar-refractivity contribution in [3.63, 3.8) is 0 Å². The van der Waals surface area contributed by atoms with E-state index in [4.69, 9.17) is 27.9 Å². The van der Waals surface area contributed by atoms with Gasteiger partial charge in [0.2, 0.25) is 11.9 Å². The van der Waals surface area contributed by atoms with E-state index in [1.807, 2.05) is 28.8 Å². The average Bonchev–Trinajstić information content (AvgIpc) is 3.17. The molecule has 0 saturated carbocycles. The van der Waals surface area contributed by atoms with E-state index in [2.05, 4.69) is 10.3 Å². The van der Waals surface area contributed by atoms with Gasteiger partial charge in [0.05, 0.1) is 17.5 Å². The van der Waals surface area contributed by atoms with Crippen LogP contribution < -0.4 is 10.2 Å². The molecule has 156 valence electrons. The van der Waals surface area contributed by atoms with Gasteiger partial charge in [-0.15, -0.1) is 0 Å². The van der Waals surface area contributed by atoms with E-state index in [-0.39, 0.29) is 18.2 Å². The van der Waals surface area contributed by atoms with Crippen molar-refractivity contribution >= 4 is 57.7 Å². The van der Waals surface area contributed by atoms with Gasteiger partial charge in [-0.1, -0.05) is 35.3 Å². The van der Waals surface area contributed by atoms with Gasteiger partial charge < -0.3 is 10.1 Å². The van der Waals surface area contributed by atoms with E-state index in [1.165, 1.54) is 0 Å². The molecule has 2 amide bonds.